The SMILES string of the molecule is CC(C)[C@@H](NC(=O)N[C@H]1CCCOC1)c1ccc2c(c1)OCCO2. The summed E-state index contributed by atoms with van der Waals surface area (Å²) in [6.07, 6.45) is 1.95. The number of urea groups is 1. The molecule has 1 fully saturated rings. The highest BCUT2D eigenvalue weighted by atomic mass is 16.6. The van der Waals surface area contributed by atoms with Gasteiger partial charge in [0.05, 0.1) is 18.7 Å². The van der Waals surface area contributed by atoms with Gasteiger partial charge in [0.2, 0.25) is 0 Å². The van der Waals surface area contributed by atoms with Gasteiger partial charge in [-0.3, -0.25) is 0 Å². The molecule has 2 amide bonds. The summed E-state index contributed by atoms with van der Waals surface area (Å²) in [7, 11) is 0. The third-order valence-electron chi connectivity index (χ3n) is 4.37. The van der Waals surface area contributed by atoms with Crippen LogP contribution >= 0.6 is 0 Å². The van der Waals surface area contributed by atoms with Gasteiger partial charge in [0, 0.05) is 6.61 Å². The number of ether oxygens (including phenoxy) is 3. The average Bonchev–Trinajstić information content (AvgIpc) is 2.60. The van der Waals surface area contributed by atoms with Gasteiger partial charge in [-0.1, -0.05) is 19.9 Å². The number of nitrogens with one attached hydrogen (secondary N) is 2. The van der Waals surface area contributed by atoms with E-state index in [1.807, 2.05) is 18.2 Å². The molecular formula is C18H26N2O4. The first-order valence-corrected chi connectivity index (χ1v) is 8.68. The minimum Gasteiger partial charge on any atom is -0.486 e. The second kappa shape index (κ2) is 7.75. The van der Waals surface area contributed by atoms with E-state index < -0.39 is 0 Å². The van der Waals surface area contributed by atoms with Crippen molar-refractivity contribution in [2.75, 3.05) is 26.4 Å². The van der Waals surface area contributed by atoms with Crippen LogP contribution in [0.5, 0.6) is 11.5 Å². The van der Waals surface area contributed by atoms with Crippen LogP contribution in [0.15, 0.2) is 18.2 Å². The first kappa shape index (κ1) is 16.9. The van der Waals surface area contributed by atoms with Crippen molar-refractivity contribution in [3.63, 3.8) is 0 Å². The van der Waals surface area contributed by atoms with Crippen LogP contribution in [0.1, 0.15) is 38.3 Å². The molecule has 132 valence electrons. The fourth-order valence-corrected chi connectivity index (χ4v) is 3.11. The molecule has 2 heterocycles. The molecule has 0 bridgehead atoms. The van der Waals surface area contributed by atoms with Crippen molar-refractivity contribution in [1.29, 1.82) is 0 Å². The third-order valence-corrected chi connectivity index (χ3v) is 4.37. The number of carbonyl (C=O) groups is 1. The van der Waals surface area contributed by atoms with Crippen LogP contribution in [0, 0.1) is 5.92 Å². The van der Waals surface area contributed by atoms with Gasteiger partial charge < -0.3 is 24.8 Å². The monoisotopic (exact) mass is 334 g/mol. The van der Waals surface area contributed by atoms with Crippen LogP contribution < -0.4 is 20.1 Å². The molecule has 6 nitrogen and oxygen atoms in total. The lowest BCUT2D eigenvalue weighted by Gasteiger charge is -2.28. The highest BCUT2D eigenvalue weighted by Gasteiger charge is 2.23. The maximum atomic E-state index is 12.4. The van der Waals surface area contributed by atoms with E-state index in [2.05, 4.69) is 24.5 Å². The van der Waals surface area contributed by atoms with E-state index in [-0.39, 0.29) is 24.0 Å². The van der Waals surface area contributed by atoms with Gasteiger partial charge in [-0.2, -0.15) is 0 Å². The minimum absolute atomic E-state index is 0.0897. The molecule has 24 heavy (non-hydrogen) atoms. The lowest BCUT2D eigenvalue weighted by molar-refractivity contribution is 0.0729. The summed E-state index contributed by atoms with van der Waals surface area (Å²) in [6.45, 7) is 6.68. The van der Waals surface area contributed by atoms with E-state index >= 15 is 0 Å². The average molecular weight is 334 g/mol. The predicted molar refractivity (Wildman–Crippen MR) is 90.5 cm³/mol. The van der Waals surface area contributed by atoms with Crippen molar-refractivity contribution >= 4 is 6.03 Å². The number of hydrogen-bond donors (Lipinski definition) is 2. The predicted octanol–water partition coefficient (Wildman–Crippen LogP) is 2.63. The molecule has 1 aromatic carbocycles. The van der Waals surface area contributed by atoms with Gasteiger partial charge in [0.15, 0.2) is 11.5 Å². The second-order valence-corrected chi connectivity index (χ2v) is 6.66. The maximum Gasteiger partial charge on any atom is 0.315 e. The van der Waals surface area contributed by atoms with Crippen LogP contribution in [0.2, 0.25) is 0 Å². The summed E-state index contributed by atoms with van der Waals surface area (Å²) in [4.78, 5) is 12.4. The van der Waals surface area contributed by atoms with E-state index in [0.717, 1.165) is 36.5 Å². The Morgan fingerprint density at radius 2 is 1.96 bits per heavy atom. The van der Waals surface area contributed by atoms with E-state index in [1.54, 1.807) is 0 Å². The molecule has 0 radical (unpaired) electrons. The second-order valence-electron chi connectivity index (χ2n) is 6.66. The fourth-order valence-electron chi connectivity index (χ4n) is 3.11. The van der Waals surface area contributed by atoms with Gasteiger partial charge in [-0.15, -0.1) is 0 Å². The van der Waals surface area contributed by atoms with E-state index in [0.29, 0.717) is 19.8 Å². The number of amides is 2. The largest absolute Gasteiger partial charge is 0.486 e. The van der Waals surface area contributed by atoms with E-state index in [9.17, 15) is 4.79 Å². The Labute approximate surface area is 142 Å². The lowest BCUT2D eigenvalue weighted by atomic mass is 9.95. The Morgan fingerprint density at radius 1 is 1.17 bits per heavy atom. The summed E-state index contributed by atoms with van der Waals surface area (Å²) >= 11 is 0. The van der Waals surface area contributed by atoms with Crippen molar-refractivity contribution in [3.05, 3.63) is 23.8 Å². The van der Waals surface area contributed by atoms with Gasteiger partial charge in [0.1, 0.15) is 13.2 Å². The summed E-state index contributed by atoms with van der Waals surface area (Å²) in [5.41, 5.74) is 1.02. The Balaban J connectivity index is 1.66. The first-order valence-electron chi connectivity index (χ1n) is 8.68. The maximum absolute atomic E-state index is 12.4. The molecule has 1 saturated heterocycles. The van der Waals surface area contributed by atoms with Crippen molar-refractivity contribution in [2.45, 2.75) is 38.8 Å². The van der Waals surface area contributed by atoms with Crippen LogP contribution in [-0.4, -0.2) is 38.5 Å². The highest BCUT2D eigenvalue weighted by Crippen LogP contribution is 2.34. The number of benzene rings is 1. The minimum atomic E-state index is -0.154. The Bertz CT molecular complexity index is 570. The molecule has 0 unspecified atom stereocenters. The van der Waals surface area contributed by atoms with Gasteiger partial charge >= 0.3 is 6.03 Å². The van der Waals surface area contributed by atoms with Crippen molar-refractivity contribution in [2.24, 2.45) is 5.92 Å². The third kappa shape index (κ3) is 4.12. The zero-order chi connectivity index (χ0) is 16.9. The smallest absolute Gasteiger partial charge is 0.315 e. The molecule has 2 N–H and O–H groups in total. The number of fused-ring (bicyclic) bond motifs is 1. The van der Waals surface area contributed by atoms with Gasteiger partial charge in [0.25, 0.3) is 0 Å². The fraction of sp³-hybridized carbons (Fsp3) is 0.611. The lowest BCUT2D eigenvalue weighted by Crippen LogP contribution is -2.47. The van der Waals surface area contributed by atoms with Crippen molar-refractivity contribution in [1.82, 2.24) is 10.6 Å². The summed E-state index contributed by atoms with van der Waals surface area (Å²) in [5.74, 6) is 1.75. The van der Waals surface area contributed by atoms with E-state index in [1.165, 1.54) is 0 Å². The molecule has 2 atom stereocenters. The topological polar surface area (TPSA) is 68.8 Å². The molecule has 3 rings (SSSR count). The standard InChI is InChI=1S/C18H26N2O4/c1-12(2)17(20-18(21)19-14-4-3-7-22-11-14)13-5-6-15-16(10-13)24-9-8-23-15/h5-6,10,12,14,17H,3-4,7-9,11H2,1-2H3,(H2,19,20,21)/t14-,17+/m0/s1. The van der Waals surface area contributed by atoms with Crippen LogP contribution in [-0.2, 0) is 4.74 Å². The molecular weight excluding hydrogens is 308 g/mol. The summed E-state index contributed by atoms with van der Waals surface area (Å²) in [6, 6.07) is 5.70. The number of hydrogen-bond acceptors (Lipinski definition) is 4. The van der Waals surface area contributed by atoms with Crippen LogP contribution in [0.3, 0.4) is 0 Å². The van der Waals surface area contributed by atoms with Gasteiger partial charge in [-0.05, 0) is 36.5 Å². The molecule has 0 spiro atoms. The Kier molecular flexibility index (Phi) is 5.45. The summed E-state index contributed by atoms with van der Waals surface area (Å²) in [5, 5.41) is 6.09. The molecule has 6 heteroatoms. The Hall–Kier alpha value is -1.95. The van der Waals surface area contributed by atoms with Crippen molar-refractivity contribution in [3.8, 4) is 11.5 Å². The van der Waals surface area contributed by atoms with Crippen LogP contribution in [0.25, 0.3) is 0 Å². The van der Waals surface area contributed by atoms with E-state index in [4.69, 9.17) is 14.2 Å². The van der Waals surface area contributed by atoms with Gasteiger partial charge in [-0.25, -0.2) is 4.79 Å². The quantitative estimate of drug-likeness (QED) is 0.888. The zero-order valence-electron chi connectivity index (χ0n) is 14.3. The molecule has 0 aliphatic carbocycles. The normalized spacial score (nSPS) is 21.2. The van der Waals surface area contributed by atoms with Crippen LogP contribution in [0.4, 0.5) is 4.79 Å². The molecule has 0 aromatic heterocycles. The number of rotatable bonds is 4. The summed E-state index contributed by atoms with van der Waals surface area (Å²) < 4.78 is 16.6. The first-order chi connectivity index (χ1) is 11.6. The molecule has 2 aliphatic rings. The molecule has 2 aliphatic heterocycles. The zero-order valence-corrected chi connectivity index (χ0v) is 14.3. The molecule has 1 aromatic rings. The highest BCUT2D eigenvalue weighted by molar-refractivity contribution is 5.75. The number of carbonyl (C=O) groups excluding carboxylic acids is 1. The Morgan fingerprint density at radius 3 is 2.67 bits per heavy atom. The molecule has 0 saturated carbocycles. The van der Waals surface area contributed by atoms with Crippen molar-refractivity contribution < 1.29 is 19.0 Å².